The molecule has 5 heteroatoms. The normalized spacial score (nSPS) is 11.6. The van der Waals surface area contributed by atoms with Crippen molar-refractivity contribution in [1.29, 1.82) is 0 Å². The Morgan fingerprint density at radius 2 is 2.40 bits per heavy atom. The lowest BCUT2D eigenvalue weighted by atomic mass is 10.6. The van der Waals surface area contributed by atoms with E-state index in [0.29, 0.717) is 0 Å². The highest BCUT2D eigenvalue weighted by Gasteiger charge is 1.98. The summed E-state index contributed by atoms with van der Waals surface area (Å²) in [4.78, 5) is 1.69. The first kappa shape index (κ1) is 9.42. The third-order valence-corrected chi connectivity index (χ3v) is 1.72. The minimum atomic E-state index is 0.161. The van der Waals surface area contributed by atoms with Crippen molar-refractivity contribution >= 4 is 17.7 Å². The fourth-order valence-electron chi connectivity index (χ4n) is 0.419. The van der Waals surface area contributed by atoms with Crippen LogP contribution in [0, 0.1) is 0 Å². The molecule has 0 unspecified atom stereocenters. The number of thioether (sulfide) groups is 1. The van der Waals surface area contributed by atoms with Crippen LogP contribution in [0.25, 0.3) is 0 Å². The summed E-state index contributed by atoms with van der Waals surface area (Å²) in [7, 11) is 1.78. The Morgan fingerprint density at radius 1 is 1.80 bits per heavy atom. The second-order valence-corrected chi connectivity index (χ2v) is 2.86. The van der Waals surface area contributed by atoms with E-state index in [4.69, 9.17) is 10.9 Å². The van der Waals surface area contributed by atoms with Crippen molar-refractivity contribution in [1.82, 2.24) is 4.90 Å². The van der Waals surface area contributed by atoms with Gasteiger partial charge in [0.05, 0.1) is 0 Å². The Balaban J connectivity index is 3.51. The monoisotopic (exact) mass is 163 g/mol. The molecule has 0 aromatic heterocycles. The van der Waals surface area contributed by atoms with Gasteiger partial charge < -0.3 is 15.8 Å². The van der Waals surface area contributed by atoms with Crippen LogP contribution in [-0.2, 0) is 0 Å². The molecule has 0 aromatic carbocycles. The largest absolute Gasteiger partial charge is 0.408 e. The van der Waals surface area contributed by atoms with Gasteiger partial charge in [-0.05, 0) is 6.26 Å². The van der Waals surface area contributed by atoms with E-state index in [1.165, 1.54) is 0 Å². The molecule has 0 saturated carbocycles. The number of nitrogens with zero attached hydrogens (tertiary/aromatic N) is 2. The van der Waals surface area contributed by atoms with Gasteiger partial charge in [-0.25, -0.2) is 0 Å². The lowest BCUT2D eigenvalue weighted by Gasteiger charge is -2.14. The third kappa shape index (κ3) is 3.45. The van der Waals surface area contributed by atoms with Crippen LogP contribution in [0.15, 0.2) is 5.16 Å². The Bertz CT molecular complexity index is 117. The quantitative estimate of drug-likeness (QED) is 0.266. The summed E-state index contributed by atoms with van der Waals surface area (Å²) in [6, 6.07) is 0. The maximum Gasteiger partial charge on any atom is 0.233 e. The second kappa shape index (κ2) is 5.22. The van der Waals surface area contributed by atoms with Crippen LogP contribution in [0.4, 0.5) is 0 Å². The highest BCUT2D eigenvalue weighted by Crippen LogP contribution is 1.92. The van der Waals surface area contributed by atoms with Crippen molar-refractivity contribution in [3.63, 3.8) is 0 Å². The maximum absolute atomic E-state index is 8.22. The Morgan fingerprint density at radius 3 is 2.80 bits per heavy atom. The molecular formula is C5H13N3OS. The summed E-state index contributed by atoms with van der Waals surface area (Å²) in [6.45, 7) is 0.803. The molecule has 3 N–H and O–H groups in total. The van der Waals surface area contributed by atoms with Crippen molar-refractivity contribution in [3.8, 4) is 0 Å². The zero-order chi connectivity index (χ0) is 7.98. The molecule has 0 radical (unpaired) electrons. The van der Waals surface area contributed by atoms with E-state index in [9.17, 15) is 0 Å². The highest BCUT2D eigenvalue weighted by molar-refractivity contribution is 7.98. The van der Waals surface area contributed by atoms with Gasteiger partial charge in [0, 0.05) is 19.3 Å². The summed E-state index contributed by atoms with van der Waals surface area (Å²) < 4.78 is 0. The molecule has 10 heavy (non-hydrogen) atoms. The summed E-state index contributed by atoms with van der Waals surface area (Å²) in [5.41, 5.74) is 5.27. The fourth-order valence-corrected chi connectivity index (χ4v) is 0.876. The van der Waals surface area contributed by atoms with Crippen molar-refractivity contribution < 1.29 is 5.21 Å². The van der Waals surface area contributed by atoms with Crippen molar-refractivity contribution in [2.24, 2.45) is 10.9 Å². The van der Waals surface area contributed by atoms with E-state index >= 15 is 0 Å². The van der Waals surface area contributed by atoms with Crippen LogP contribution in [0.2, 0.25) is 0 Å². The number of guanidine groups is 1. The zero-order valence-corrected chi connectivity index (χ0v) is 7.06. The van der Waals surface area contributed by atoms with E-state index < -0.39 is 0 Å². The summed E-state index contributed by atoms with van der Waals surface area (Å²) in [5.74, 6) is 1.14. The highest BCUT2D eigenvalue weighted by atomic mass is 32.2. The first-order chi connectivity index (χ1) is 4.72. The second-order valence-electron chi connectivity index (χ2n) is 1.87. The van der Waals surface area contributed by atoms with Crippen molar-refractivity contribution in [2.75, 3.05) is 25.6 Å². The average molecular weight is 163 g/mol. The summed E-state index contributed by atoms with van der Waals surface area (Å²) in [5, 5.41) is 11.1. The molecule has 0 aromatic rings. The minimum Gasteiger partial charge on any atom is -0.408 e. The zero-order valence-electron chi connectivity index (χ0n) is 6.24. The van der Waals surface area contributed by atoms with Gasteiger partial charge in [0.2, 0.25) is 5.96 Å². The van der Waals surface area contributed by atoms with Gasteiger partial charge in [0.15, 0.2) is 0 Å². The first-order valence-electron chi connectivity index (χ1n) is 2.90. The number of hydrogen-bond donors (Lipinski definition) is 2. The fraction of sp³-hybridized carbons (Fsp3) is 0.800. The van der Waals surface area contributed by atoms with E-state index in [-0.39, 0.29) is 5.96 Å². The molecule has 0 amide bonds. The minimum absolute atomic E-state index is 0.161. The molecule has 0 atom stereocenters. The molecule has 0 rings (SSSR count). The van der Waals surface area contributed by atoms with Crippen LogP contribution < -0.4 is 5.73 Å². The molecule has 60 valence electrons. The van der Waals surface area contributed by atoms with Gasteiger partial charge in [0.25, 0.3) is 0 Å². The SMILES string of the molecule is CSCCN(C)C(N)=NO. The Labute approximate surface area is 65.1 Å². The molecule has 0 heterocycles. The van der Waals surface area contributed by atoms with E-state index in [2.05, 4.69) is 5.16 Å². The van der Waals surface area contributed by atoms with Crippen LogP contribution in [0.3, 0.4) is 0 Å². The predicted octanol–water partition coefficient (Wildman–Crippen LogP) is -0.0149. The van der Waals surface area contributed by atoms with Gasteiger partial charge in [0.1, 0.15) is 0 Å². The first-order valence-corrected chi connectivity index (χ1v) is 4.29. The van der Waals surface area contributed by atoms with Gasteiger partial charge in [-0.15, -0.1) is 0 Å². The van der Waals surface area contributed by atoms with Gasteiger partial charge in [-0.2, -0.15) is 11.8 Å². The van der Waals surface area contributed by atoms with Crippen LogP contribution in [0.5, 0.6) is 0 Å². The smallest absolute Gasteiger partial charge is 0.233 e. The third-order valence-electron chi connectivity index (χ3n) is 1.12. The van der Waals surface area contributed by atoms with E-state index in [1.54, 1.807) is 23.7 Å². The molecule has 0 aliphatic carbocycles. The molecular weight excluding hydrogens is 150 g/mol. The van der Waals surface area contributed by atoms with Crippen LogP contribution >= 0.6 is 11.8 Å². The Hall–Kier alpha value is -0.580. The average Bonchev–Trinajstić information content (AvgIpc) is 1.98. The Kier molecular flexibility index (Phi) is 4.92. The van der Waals surface area contributed by atoms with Crippen molar-refractivity contribution in [3.05, 3.63) is 0 Å². The number of rotatable bonds is 3. The van der Waals surface area contributed by atoms with Crippen LogP contribution in [0.1, 0.15) is 0 Å². The molecule has 0 aliphatic heterocycles. The molecule has 0 aliphatic rings. The van der Waals surface area contributed by atoms with Crippen molar-refractivity contribution in [2.45, 2.75) is 0 Å². The topological polar surface area (TPSA) is 61.8 Å². The standard InChI is InChI=1S/C5H13N3OS/c1-8(3-4-10-2)5(6)7-9/h9H,3-4H2,1-2H3,(H2,6,7). The summed E-state index contributed by atoms with van der Waals surface area (Å²) in [6.07, 6.45) is 2.01. The number of hydrogen-bond acceptors (Lipinski definition) is 3. The number of nitrogens with two attached hydrogens (primary N) is 1. The van der Waals surface area contributed by atoms with Gasteiger partial charge >= 0.3 is 0 Å². The number of oxime groups is 1. The maximum atomic E-state index is 8.22. The summed E-state index contributed by atoms with van der Waals surface area (Å²) >= 11 is 1.72. The van der Waals surface area contributed by atoms with Gasteiger partial charge in [-0.3, -0.25) is 0 Å². The lowest BCUT2D eigenvalue weighted by Crippen LogP contribution is -2.35. The predicted molar refractivity (Wildman–Crippen MR) is 44.4 cm³/mol. The van der Waals surface area contributed by atoms with Gasteiger partial charge in [-0.1, -0.05) is 5.16 Å². The lowest BCUT2D eigenvalue weighted by molar-refractivity contribution is 0.306. The molecule has 0 saturated heterocycles. The van der Waals surface area contributed by atoms with Crippen LogP contribution in [-0.4, -0.2) is 41.7 Å². The van der Waals surface area contributed by atoms with E-state index in [0.717, 1.165) is 12.3 Å². The molecule has 0 fully saturated rings. The van der Waals surface area contributed by atoms with E-state index in [1.807, 2.05) is 6.26 Å². The molecule has 0 spiro atoms. The molecule has 0 bridgehead atoms. The molecule has 4 nitrogen and oxygen atoms in total.